The SMILES string of the molecule is O=C(CN1CC2(CCC(C(=O)Nc3cc(F)cc(C(F)F)c3)CC2)C1)NCCO. The molecule has 0 radical (unpaired) electrons. The van der Waals surface area contributed by atoms with Crippen LogP contribution in [0, 0.1) is 17.2 Å². The monoisotopic (exact) mass is 413 g/mol. The summed E-state index contributed by atoms with van der Waals surface area (Å²) in [6.07, 6.45) is 0.250. The minimum absolute atomic E-state index is 0.0503. The number of likely N-dealkylation sites (tertiary alicyclic amines) is 1. The molecule has 0 bridgehead atoms. The second kappa shape index (κ2) is 9.13. The minimum Gasteiger partial charge on any atom is -0.395 e. The van der Waals surface area contributed by atoms with E-state index in [1.807, 2.05) is 4.90 Å². The van der Waals surface area contributed by atoms with Crippen LogP contribution in [-0.2, 0) is 9.59 Å². The fourth-order valence-electron chi connectivity index (χ4n) is 4.33. The molecule has 1 aromatic rings. The van der Waals surface area contributed by atoms with Gasteiger partial charge in [0.25, 0.3) is 6.43 Å². The number of nitrogens with one attached hydrogen (secondary N) is 2. The average molecular weight is 413 g/mol. The summed E-state index contributed by atoms with van der Waals surface area (Å²) in [5, 5.41) is 13.9. The van der Waals surface area contributed by atoms with E-state index in [0.29, 0.717) is 19.4 Å². The molecule has 1 saturated carbocycles. The van der Waals surface area contributed by atoms with Gasteiger partial charge in [0.2, 0.25) is 11.8 Å². The standard InChI is InChI=1S/C20H26F3N3O3/c21-15-7-14(18(22)23)8-16(9-15)25-19(29)13-1-3-20(4-2-13)11-26(12-20)10-17(28)24-5-6-27/h7-9,13,18,27H,1-6,10-12H2,(H,24,28)(H,25,29). The van der Waals surface area contributed by atoms with Gasteiger partial charge in [-0.05, 0) is 49.3 Å². The van der Waals surface area contributed by atoms with E-state index in [1.54, 1.807) is 0 Å². The van der Waals surface area contributed by atoms with Gasteiger partial charge >= 0.3 is 0 Å². The van der Waals surface area contributed by atoms with Gasteiger partial charge in [0.15, 0.2) is 0 Å². The molecule has 29 heavy (non-hydrogen) atoms. The first-order chi connectivity index (χ1) is 13.8. The lowest BCUT2D eigenvalue weighted by Crippen LogP contribution is -2.59. The molecule has 2 amide bonds. The molecule has 0 unspecified atom stereocenters. The van der Waals surface area contributed by atoms with Crippen molar-refractivity contribution in [3.63, 3.8) is 0 Å². The van der Waals surface area contributed by atoms with Crippen LogP contribution in [0.5, 0.6) is 0 Å². The quantitative estimate of drug-likeness (QED) is 0.641. The number of halogens is 3. The molecule has 0 aromatic heterocycles. The molecule has 1 spiro atoms. The molecule has 1 aliphatic carbocycles. The lowest BCUT2D eigenvalue weighted by molar-refractivity contribution is -0.128. The Labute approximate surface area is 167 Å². The highest BCUT2D eigenvalue weighted by molar-refractivity contribution is 5.92. The summed E-state index contributed by atoms with van der Waals surface area (Å²) in [6.45, 7) is 2.07. The highest BCUT2D eigenvalue weighted by atomic mass is 19.3. The van der Waals surface area contributed by atoms with Crippen LogP contribution in [-0.4, -0.2) is 54.6 Å². The predicted octanol–water partition coefficient (Wildman–Crippen LogP) is 2.30. The molecular formula is C20H26F3N3O3. The van der Waals surface area contributed by atoms with E-state index in [2.05, 4.69) is 10.6 Å². The fourth-order valence-corrected chi connectivity index (χ4v) is 4.33. The zero-order valence-electron chi connectivity index (χ0n) is 16.1. The number of anilines is 1. The highest BCUT2D eigenvalue weighted by Crippen LogP contribution is 2.45. The van der Waals surface area contributed by atoms with Crippen LogP contribution in [0.4, 0.5) is 18.9 Å². The number of hydrogen-bond donors (Lipinski definition) is 3. The number of alkyl halides is 2. The van der Waals surface area contributed by atoms with E-state index in [1.165, 1.54) is 0 Å². The number of carbonyl (C=O) groups is 2. The average Bonchev–Trinajstić information content (AvgIpc) is 2.65. The topological polar surface area (TPSA) is 81.7 Å². The van der Waals surface area contributed by atoms with Crippen molar-refractivity contribution in [3.8, 4) is 0 Å². The highest BCUT2D eigenvalue weighted by Gasteiger charge is 2.46. The summed E-state index contributed by atoms with van der Waals surface area (Å²) in [5.74, 6) is -1.43. The number of nitrogens with zero attached hydrogens (tertiary/aromatic N) is 1. The third-order valence-corrected chi connectivity index (χ3v) is 5.78. The Hall–Kier alpha value is -2.13. The van der Waals surface area contributed by atoms with Crippen LogP contribution in [0.3, 0.4) is 0 Å². The van der Waals surface area contributed by atoms with Gasteiger partial charge in [-0.3, -0.25) is 14.5 Å². The van der Waals surface area contributed by atoms with Crippen LogP contribution in [0.15, 0.2) is 18.2 Å². The van der Waals surface area contributed by atoms with Gasteiger partial charge in [-0.25, -0.2) is 13.2 Å². The fraction of sp³-hybridized carbons (Fsp3) is 0.600. The molecule has 1 saturated heterocycles. The van der Waals surface area contributed by atoms with Crippen molar-refractivity contribution < 1.29 is 27.9 Å². The summed E-state index contributed by atoms with van der Waals surface area (Å²) in [7, 11) is 0. The Morgan fingerprint density at radius 1 is 1.21 bits per heavy atom. The molecule has 2 aliphatic rings. The van der Waals surface area contributed by atoms with Gasteiger partial charge in [-0.2, -0.15) is 0 Å². The van der Waals surface area contributed by atoms with Gasteiger partial charge in [0, 0.05) is 36.8 Å². The Balaban J connectivity index is 1.45. The van der Waals surface area contributed by atoms with Gasteiger partial charge in [0.05, 0.1) is 13.2 Å². The second-order valence-corrected chi connectivity index (χ2v) is 8.06. The molecular weight excluding hydrogens is 387 g/mol. The van der Waals surface area contributed by atoms with Gasteiger partial charge in [0.1, 0.15) is 5.82 Å². The molecule has 6 nitrogen and oxygen atoms in total. The van der Waals surface area contributed by atoms with Gasteiger partial charge < -0.3 is 15.7 Å². The lowest BCUT2D eigenvalue weighted by Gasteiger charge is -2.53. The first-order valence-electron chi connectivity index (χ1n) is 9.80. The van der Waals surface area contributed by atoms with E-state index in [9.17, 15) is 22.8 Å². The third kappa shape index (κ3) is 5.48. The number of benzene rings is 1. The zero-order valence-corrected chi connectivity index (χ0v) is 16.1. The van der Waals surface area contributed by atoms with Gasteiger partial charge in [-0.1, -0.05) is 0 Å². The van der Waals surface area contributed by atoms with E-state index < -0.39 is 17.8 Å². The Kier molecular flexibility index (Phi) is 6.79. The maximum atomic E-state index is 13.5. The molecule has 2 fully saturated rings. The zero-order chi connectivity index (χ0) is 21.0. The summed E-state index contributed by atoms with van der Waals surface area (Å²) in [5.41, 5.74) is -0.287. The maximum absolute atomic E-state index is 13.5. The Bertz CT molecular complexity index is 744. The second-order valence-electron chi connectivity index (χ2n) is 8.06. The predicted molar refractivity (Wildman–Crippen MR) is 101 cm³/mol. The van der Waals surface area contributed by atoms with Crippen molar-refractivity contribution in [2.45, 2.75) is 32.1 Å². The van der Waals surface area contributed by atoms with Crippen molar-refractivity contribution in [2.75, 3.05) is 38.1 Å². The molecule has 3 N–H and O–H groups in total. The van der Waals surface area contributed by atoms with Crippen molar-refractivity contribution in [1.29, 1.82) is 0 Å². The van der Waals surface area contributed by atoms with Crippen molar-refractivity contribution in [3.05, 3.63) is 29.6 Å². The van der Waals surface area contributed by atoms with E-state index in [4.69, 9.17) is 5.11 Å². The Morgan fingerprint density at radius 3 is 2.52 bits per heavy atom. The molecule has 1 heterocycles. The molecule has 9 heteroatoms. The van der Waals surface area contributed by atoms with Crippen LogP contribution >= 0.6 is 0 Å². The minimum atomic E-state index is -2.80. The third-order valence-electron chi connectivity index (χ3n) is 5.78. The van der Waals surface area contributed by atoms with Crippen molar-refractivity contribution in [2.24, 2.45) is 11.3 Å². The number of amides is 2. The smallest absolute Gasteiger partial charge is 0.264 e. The van der Waals surface area contributed by atoms with Crippen molar-refractivity contribution >= 4 is 17.5 Å². The van der Waals surface area contributed by atoms with Gasteiger partial charge in [-0.15, -0.1) is 0 Å². The van der Waals surface area contributed by atoms with Crippen molar-refractivity contribution in [1.82, 2.24) is 10.2 Å². The van der Waals surface area contributed by atoms with E-state index >= 15 is 0 Å². The maximum Gasteiger partial charge on any atom is 0.264 e. The largest absolute Gasteiger partial charge is 0.395 e. The first kappa shape index (κ1) is 21.6. The first-order valence-corrected chi connectivity index (χ1v) is 9.80. The Morgan fingerprint density at radius 2 is 1.90 bits per heavy atom. The molecule has 0 atom stereocenters. The summed E-state index contributed by atoms with van der Waals surface area (Å²) >= 11 is 0. The summed E-state index contributed by atoms with van der Waals surface area (Å²) < 4.78 is 39.1. The van der Waals surface area contributed by atoms with E-state index in [-0.39, 0.29) is 42.0 Å². The molecule has 160 valence electrons. The summed E-state index contributed by atoms with van der Waals surface area (Å²) in [6, 6.07) is 2.90. The molecule has 1 aromatic carbocycles. The number of hydrogen-bond acceptors (Lipinski definition) is 4. The number of carbonyl (C=O) groups excluding carboxylic acids is 2. The number of rotatable bonds is 7. The molecule has 1 aliphatic heterocycles. The lowest BCUT2D eigenvalue weighted by atomic mass is 9.65. The van der Waals surface area contributed by atoms with E-state index in [0.717, 1.165) is 44.1 Å². The number of aliphatic hydroxyl groups excluding tert-OH is 1. The number of aliphatic hydroxyl groups is 1. The molecule has 3 rings (SSSR count). The normalized spacial score (nSPS) is 19.2. The van der Waals surface area contributed by atoms with Crippen LogP contribution in [0.25, 0.3) is 0 Å². The summed E-state index contributed by atoms with van der Waals surface area (Å²) in [4.78, 5) is 26.2. The van der Waals surface area contributed by atoms with Crippen LogP contribution < -0.4 is 10.6 Å². The van der Waals surface area contributed by atoms with Crippen LogP contribution in [0.2, 0.25) is 0 Å². The van der Waals surface area contributed by atoms with Crippen LogP contribution in [0.1, 0.15) is 37.7 Å².